The molecule has 0 saturated carbocycles. The van der Waals surface area contributed by atoms with Crippen LogP contribution in [0.3, 0.4) is 0 Å². The summed E-state index contributed by atoms with van der Waals surface area (Å²) >= 11 is 6.16. The Morgan fingerprint density at radius 1 is 1.24 bits per heavy atom. The normalized spacial score (nSPS) is 10.7. The topological polar surface area (TPSA) is 87.9 Å². The number of H-pyrrole nitrogens is 1. The number of carbonyl (C=O) groups excluding carboxylic acids is 1. The number of nitrogens with two attached hydrogens (primary N) is 1. The molecule has 2 aromatic heterocycles. The molecule has 6 nitrogen and oxygen atoms in total. The number of benzene rings is 1. The molecule has 0 aliphatic rings. The summed E-state index contributed by atoms with van der Waals surface area (Å²) in [4.78, 5) is 25.6. The number of nitrogens with one attached hydrogen (secondary N) is 1. The van der Waals surface area contributed by atoms with Crippen molar-refractivity contribution in [2.24, 2.45) is 0 Å². The number of hydrogen-bond acceptors (Lipinski definition) is 4. The molecule has 3 rings (SSSR count). The summed E-state index contributed by atoms with van der Waals surface area (Å²) in [5.41, 5.74) is 10.1. The summed E-state index contributed by atoms with van der Waals surface area (Å²) in [5.74, 6) is 0.0620. The Morgan fingerprint density at radius 3 is 2.68 bits per heavy atom. The van der Waals surface area contributed by atoms with Gasteiger partial charge in [-0.15, -0.1) is 0 Å². The van der Waals surface area contributed by atoms with Crippen molar-refractivity contribution in [1.29, 1.82) is 0 Å². The number of amides is 1. The number of carbonyl (C=O) groups is 1. The predicted molar refractivity (Wildman–Crippen MR) is 99.4 cm³/mol. The Hall–Kier alpha value is -2.86. The van der Waals surface area contributed by atoms with Gasteiger partial charge in [0.15, 0.2) is 0 Å². The van der Waals surface area contributed by atoms with Crippen LogP contribution in [0, 0.1) is 6.92 Å². The van der Waals surface area contributed by atoms with Gasteiger partial charge in [-0.2, -0.15) is 0 Å². The molecule has 0 aliphatic heterocycles. The lowest BCUT2D eigenvalue weighted by Gasteiger charge is -2.12. The van der Waals surface area contributed by atoms with Gasteiger partial charge in [0.25, 0.3) is 5.91 Å². The van der Waals surface area contributed by atoms with Crippen LogP contribution >= 0.6 is 11.6 Å². The molecule has 25 heavy (non-hydrogen) atoms. The first-order chi connectivity index (χ1) is 11.9. The number of rotatable bonds is 3. The highest BCUT2D eigenvalue weighted by Gasteiger charge is 2.21. The first kappa shape index (κ1) is 17.0. The second-order valence-corrected chi connectivity index (χ2v) is 6.37. The summed E-state index contributed by atoms with van der Waals surface area (Å²) < 4.78 is 0. The summed E-state index contributed by atoms with van der Waals surface area (Å²) in [6.07, 6.45) is 1.58. The van der Waals surface area contributed by atoms with Crippen molar-refractivity contribution in [3.63, 3.8) is 0 Å². The highest BCUT2D eigenvalue weighted by molar-refractivity contribution is 6.31. The van der Waals surface area contributed by atoms with Gasteiger partial charge < -0.3 is 15.6 Å². The van der Waals surface area contributed by atoms with E-state index < -0.39 is 0 Å². The van der Waals surface area contributed by atoms with Crippen LogP contribution in [0.15, 0.2) is 36.5 Å². The summed E-state index contributed by atoms with van der Waals surface area (Å²) in [5, 5.41) is 0.603. The average molecular weight is 356 g/mol. The first-order valence-electron chi connectivity index (χ1n) is 7.67. The lowest BCUT2D eigenvalue weighted by atomic mass is 10.0. The van der Waals surface area contributed by atoms with E-state index in [0.717, 1.165) is 11.1 Å². The van der Waals surface area contributed by atoms with Crippen molar-refractivity contribution >= 4 is 23.5 Å². The first-order valence-corrected chi connectivity index (χ1v) is 8.04. The van der Waals surface area contributed by atoms with Crippen molar-refractivity contribution < 1.29 is 4.79 Å². The van der Waals surface area contributed by atoms with Gasteiger partial charge in [-0.1, -0.05) is 17.7 Å². The van der Waals surface area contributed by atoms with Gasteiger partial charge >= 0.3 is 0 Å². The molecule has 0 spiro atoms. The SMILES string of the molecule is Cc1ccc(Cl)cc1-c1[nH]c(-c2ccnc(N)n2)cc1C(=O)N(C)C. The Balaban J connectivity index is 2.22. The third-order valence-electron chi connectivity index (χ3n) is 3.87. The van der Waals surface area contributed by atoms with E-state index in [1.807, 2.05) is 25.1 Å². The quantitative estimate of drug-likeness (QED) is 0.753. The van der Waals surface area contributed by atoms with Gasteiger partial charge in [-0.05, 0) is 36.8 Å². The van der Waals surface area contributed by atoms with E-state index in [1.54, 1.807) is 32.4 Å². The number of anilines is 1. The minimum absolute atomic E-state index is 0.112. The number of halogens is 1. The lowest BCUT2D eigenvalue weighted by Crippen LogP contribution is -2.21. The highest BCUT2D eigenvalue weighted by atomic mass is 35.5. The molecular weight excluding hydrogens is 338 g/mol. The number of aromatic nitrogens is 3. The molecule has 0 atom stereocenters. The van der Waals surface area contributed by atoms with E-state index in [4.69, 9.17) is 17.3 Å². The van der Waals surface area contributed by atoms with Crippen molar-refractivity contribution in [1.82, 2.24) is 19.9 Å². The molecule has 128 valence electrons. The third kappa shape index (κ3) is 3.34. The predicted octanol–water partition coefficient (Wildman–Crippen LogP) is 3.38. The number of nitrogens with zero attached hydrogens (tertiary/aromatic N) is 3. The average Bonchev–Trinajstić information content (AvgIpc) is 3.01. The van der Waals surface area contributed by atoms with Gasteiger partial charge in [-0.3, -0.25) is 4.79 Å². The number of aromatic amines is 1. The zero-order chi connectivity index (χ0) is 18.1. The minimum atomic E-state index is -0.112. The number of aryl methyl sites for hydroxylation is 1. The monoisotopic (exact) mass is 355 g/mol. The molecular formula is C18H18ClN5O. The van der Waals surface area contributed by atoms with Crippen LogP contribution in [0.4, 0.5) is 5.95 Å². The van der Waals surface area contributed by atoms with E-state index in [0.29, 0.717) is 27.7 Å². The van der Waals surface area contributed by atoms with Crippen molar-refractivity contribution in [3.8, 4) is 22.6 Å². The lowest BCUT2D eigenvalue weighted by molar-refractivity contribution is 0.0828. The Labute approximate surface area is 150 Å². The molecule has 0 saturated heterocycles. The molecule has 3 N–H and O–H groups in total. The van der Waals surface area contributed by atoms with Gasteiger partial charge in [0.2, 0.25) is 5.95 Å². The second-order valence-electron chi connectivity index (χ2n) is 5.93. The standard InChI is InChI=1S/C18H18ClN5O/c1-10-4-5-11(19)8-12(10)16-13(17(25)24(2)3)9-15(22-16)14-6-7-21-18(20)23-14/h4-9,22H,1-3H3,(H2,20,21,23). The summed E-state index contributed by atoms with van der Waals surface area (Å²) in [6, 6.07) is 9.10. The zero-order valence-electron chi connectivity index (χ0n) is 14.2. The Morgan fingerprint density at radius 2 is 2.00 bits per heavy atom. The van der Waals surface area contributed by atoms with Crippen LogP contribution in [0.1, 0.15) is 15.9 Å². The number of nitrogen functional groups attached to an aromatic ring is 1. The maximum absolute atomic E-state index is 12.7. The third-order valence-corrected chi connectivity index (χ3v) is 4.11. The molecule has 0 aliphatic carbocycles. The van der Waals surface area contributed by atoms with E-state index >= 15 is 0 Å². The van der Waals surface area contributed by atoms with E-state index in [2.05, 4.69) is 15.0 Å². The van der Waals surface area contributed by atoms with Crippen LogP contribution in [-0.4, -0.2) is 39.9 Å². The largest absolute Gasteiger partial charge is 0.368 e. The van der Waals surface area contributed by atoms with E-state index in [-0.39, 0.29) is 11.9 Å². The minimum Gasteiger partial charge on any atom is -0.368 e. The zero-order valence-corrected chi connectivity index (χ0v) is 14.9. The van der Waals surface area contributed by atoms with Crippen molar-refractivity contribution in [2.75, 3.05) is 19.8 Å². The van der Waals surface area contributed by atoms with Gasteiger partial charge in [0, 0.05) is 30.9 Å². The van der Waals surface area contributed by atoms with Crippen molar-refractivity contribution in [3.05, 3.63) is 52.7 Å². The van der Waals surface area contributed by atoms with Crippen LogP contribution in [-0.2, 0) is 0 Å². The Bertz CT molecular complexity index is 948. The maximum Gasteiger partial charge on any atom is 0.255 e. The van der Waals surface area contributed by atoms with Crippen LogP contribution in [0.5, 0.6) is 0 Å². The molecule has 1 aromatic carbocycles. The van der Waals surface area contributed by atoms with Crippen LogP contribution in [0.2, 0.25) is 5.02 Å². The molecule has 7 heteroatoms. The van der Waals surface area contributed by atoms with Crippen molar-refractivity contribution in [2.45, 2.75) is 6.92 Å². The van der Waals surface area contributed by atoms with Crippen LogP contribution < -0.4 is 5.73 Å². The maximum atomic E-state index is 12.7. The molecule has 0 radical (unpaired) electrons. The summed E-state index contributed by atoms with van der Waals surface area (Å²) in [6.45, 7) is 1.97. The highest BCUT2D eigenvalue weighted by Crippen LogP contribution is 2.32. The molecule has 0 unspecified atom stereocenters. The Kier molecular flexibility index (Phi) is 4.46. The molecule has 3 aromatic rings. The summed E-state index contributed by atoms with van der Waals surface area (Å²) in [7, 11) is 3.43. The molecule has 0 fully saturated rings. The molecule has 1 amide bonds. The van der Waals surface area contributed by atoms with Gasteiger partial charge in [0.1, 0.15) is 0 Å². The molecule has 2 heterocycles. The number of hydrogen-bond donors (Lipinski definition) is 2. The fourth-order valence-corrected chi connectivity index (χ4v) is 2.77. The van der Waals surface area contributed by atoms with Gasteiger partial charge in [-0.25, -0.2) is 9.97 Å². The fraction of sp³-hybridized carbons (Fsp3) is 0.167. The fourth-order valence-electron chi connectivity index (χ4n) is 2.60. The van der Waals surface area contributed by atoms with E-state index in [1.165, 1.54) is 4.90 Å². The molecule has 0 bridgehead atoms. The second kappa shape index (κ2) is 6.57. The van der Waals surface area contributed by atoms with Crippen LogP contribution in [0.25, 0.3) is 22.6 Å². The van der Waals surface area contributed by atoms with Gasteiger partial charge in [0.05, 0.1) is 22.6 Å². The smallest absolute Gasteiger partial charge is 0.255 e. The van der Waals surface area contributed by atoms with E-state index in [9.17, 15) is 4.79 Å².